The van der Waals surface area contributed by atoms with Crippen molar-refractivity contribution in [3.63, 3.8) is 0 Å². The van der Waals surface area contributed by atoms with Crippen LogP contribution in [0.5, 0.6) is 0 Å². The van der Waals surface area contributed by atoms with Crippen LogP contribution in [0.15, 0.2) is 4.34 Å². The summed E-state index contributed by atoms with van der Waals surface area (Å²) in [4.78, 5) is 37.5. The maximum absolute atomic E-state index is 12.6. The Balaban J connectivity index is 1.95. The maximum Gasteiger partial charge on any atom is 0.316 e. The van der Waals surface area contributed by atoms with Gasteiger partial charge in [-0.2, -0.15) is 0 Å². The zero-order valence-corrected chi connectivity index (χ0v) is 16.1. The molecule has 138 valence electrons. The Morgan fingerprint density at radius 1 is 1.40 bits per heavy atom. The average Bonchev–Trinajstić information content (AvgIpc) is 3.15. The Kier molecular flexibility index (Phi) is 7.18. The van der Waals surface area contributed by atoms with Crippen LogP contribution in [-0.4, -0.2) is 57.8 Å². The molecule has 1 atom stereocenters. The molecule has 1 unspecified atom stereocenters. The molecule has 1 aliphatic rings. The number of ether oxygens (including phenoxy) is 1. The van der Waals surface area contributed by atoms with Gasteiger partial charge in [-0.15, -0.1) is 10.2 Å². The van der Waals surface area contributed by atoms with E-state index in [1.165, 1.54) is 23.1 Å². The van der Waals surface area contributed by atoms with E-state index in [4.69, 9.17) is 4.74 Å². The molecule has 1 N–H and O–H groups in total. The number of aromatic nitrogens is 2. The van der Waals surface area contributed by atoms with Crippen molar-refractivity contribution in [2.45, 2.75) is 44.0 Å². The average molecular weight is 386 g/mol. The van der Waals surface area contributed by atoms with Gasteiger partial charge < -0.3 is 9.64 Å². The second kappa shape index (κ2) is 9.14. The zero-order valence-electron chi connectivity index (χ0n) is 14.5. The number of nitrogens with one attached hydrogen (secondary N) is 1. The summed E-state index contributed by atoms with van der Waals surface area (Å²) >= 11 is 2.40. The maximum atomic E-state index is 12.6. The molecule has 2 rings (SSSR count). The number of carbonyl (C=O) groups is 3. The predicted octanol–water partition coefficient (Wildman–Crippen LogP) is 1.78. The Hall–Kier alpha value is -1.68. The molecule has 2 heterocycles. The largest absolute Gasteiger partial charge is 0.465 e. The van der Waals surface area contributed by atoms with Gasteiger partial charge >= 0.3 is 5.97 Å². The van der Waals surface area contributed by atoms with E-state index in [2.05, 4.69) is 15.5 Å². The topological polar surface area (TPSA) is 101 Å². The van der Waals surface area contributed by atoms with Gasteiger partial charge in [0.2, 0.25) is 16.9 Å². The number of carbonyl (C=O) groups excluding carboxylic acids is 3. The molecule has 10 heteroatoms. The summed E-state index contributed by atoms with van der Waals surface area (Å²) in [5.74, 6) is -0.429. The second-order valence-electron chi connectivity index (χ2n) is 5.84. The van der Waals surface area contributed by atoms with Gasteiger partial charge in [0.1, 0.15) is 6.04 Å². The van der Waals surface area contributed by atoms with E-state index < -0.39 is 6.04 Å². The monoisotopic (exact) mass is 386 g/mol. The van der Waals surface area contributed by atoms with E-state index in [1.54, 1.807) is 11.8 Å². The number of hydrogen-bond acceptors (Lipinski definition) is 8. The van der Waals surface area contributed by atoms with E-state index in [9.17, 15) is 14.4 Å². The van der Waals surface area contributed by atoms with Crippen molar-refractivity contribution in [1.29, 1.82) is 0 Å². The molecule has 0 radical (unpaired) electrons. The number of esters is 1. The number of rotatable bonds is 8. The Bertz CT molecular complexity index is 635. The highest BCUT2D eigenvalue weighted by atomic mass is 32.2. The quantitative estimate of drug-likeness (QED) is 0.413. The zero-order chi connectivity index (χ0) is 18.4. The van der Waals surface area contributed by atoms with Crippen LogP contribution in [0.1, 0.15) is 33.6 Å². The first-order valence-electron chi connectivity index (χ1n) is 8.14. The standard InChI is InChI=1S/C15H22N4O4S2/c1-4-23-11(21)8-24-15-18-17-14(25-15)16-13(22)12(9(2)3)19-7-5-6-10(19)20/h9,12H,4-8H2,1-3H3,(H,16,17,22). The minimum absolute atomic E-state index is 0.00682. The van der Waals surface area contributed by atoms with Gasteiger partial charge in [0.05, 0.1) is 12.4 Å². The normalized spacial score (nSPS) is 15.5. The molecule has 8 nitrogen and oxygen atoms in total. The highest BCUT2D eigenvalue weighted by Gasteiger charge is 2.35. The first-order chi connectivity index (χ1) is 11.9. The van der Waals surface area contributed by atoms with E-state index in [1.807, 2.05) is 13.8 Å². The highest BCUT2D eigenvalue weighted by Crippen LogP contribution is 2.27. The molecular formula is C15H22N4O4S2. The number of thioether (sulfide) groups is 1. The van der Waals surface area contributed by atoms with E-state index in [0.29, 0.717) is 29.0 Å². The van der Waals surface area contributed by atoms with Crippen molar-refractivity contribution in [2.24, 2.45) is 5.92 Å². The molecular weight excluding hydrogens is 364 g/mol. The van der Waals surface area contributed by atoms with E-state index in [0.717, 1.165) is 6.42 Å². The fourth-order valence-electron chi connectivity index (χ4n) is 2.59. The summed E-state index contributed by atoms with van der Waals surface area (Å²) in [7, 11) is 0. The number of anilines is 1. The lowest BCUT2D eigenvalue weighted by Crippen LogP contribution is -2.47. The van der Waals surface area contributed by atoms with Crippen LogP contribution in [-0.2, 0) is 19.1 Å². The first-order valence-corrected chi connectivity index (χ1v) is 9.94. The molecule has 0 aliphatic carbocycles. The SMILES string of the molecule is CCOC(=O)CSc1nnc(NC(=O)C(C(C)C)N2CCCC2=O)s1. The van der Waals surface area contributed by atoms with Gasteiger partial charge in [-0.25, -0.2) is 0 Å². The van der Waals surface area contributed by atoms with Gasteiger partial charge in [0.25, 0.3) is 0 Å². The third kappa shape index (κ3) is 5.40. The van der Waals surface area contributed by atoms with Crippen LogP contribution < -0.4 is 5.32 Å². The summed E-state index contributed by atoms with van der Waals surface area (Å²) in [6, 6.07) is -0.519. The highest BCUT2D eigenvalue weighted by molar-refractivity contribution is 8.01. The third-order valence-corrected chi connectivity index (χ3v) is 5.55. The minimum Gasteiger partial charge on any atom is -0.465 e. The molecule has 0 spiro atoms. The van der Waals surface area contributed by atoms with Crippen molar-refractivity contribution >= 4 is 46.0 Å². The minimum atomic E-state index is -0.519. The Morgan fingerprint density at radius 2 is 2.16 bits per heavy atom. The number of amides is 2. The molecule has 0 saturated carbocycles. The number of nitrogens with zero attached hydrogens (tertiary/aromatic N) is 3. The van der Waals surface area contributed by atoms with Gasteiger partial charge in [-0.3, -0.25) is 19.7 Å². The molecule has 0 aromatic carbocycles. The lowest BCUT2D eigenvalue weighted by Gasteiger charge is -2.29. The molecule has 25 heavy (non-hydrogen) atoms. The summed E-state index contributed by atoms with van der Waals surface area (Å²) < 4.78 is 5.42. The fraction of sp³-hybridized carbons (Fsp3) is 0.667. The number of likely N-dealkylation sites (tertiary alicyclic amines) is 1. The second-order valence-corrected chi connectivity index (χ2v) is 8.04. The van der Waals surface area contributed by atoms with Crippen LogP contribution in [0.4, 0.5) is 5.13 Å². The summed E-state index contributed by atoms with van der Waals surface area (Å²) in [5.41, 5.74) is 0. The Labute approximate surface area is 154 Å². The van der Waals surface area contributed by atoms with E-state index >= 15 is 0 Å². The molecule has 1 saturated heterocycles. The van der Waals surface area contributed by atoms with Crippen LogP contribution in [0, 0.1) is 5.92 Å². The molecule has 1 aromatic heterocycles. The van der Waals surface area contributed by atoms with Crippen molar-refractivity contribution in [1.82, 2.24) is 15.1 Å². The summed E-state index contributed by atoms with van der Waals surface area (Å²) in [6.45, 7) is 6.51. The number of hydrogen-bond donors (Lipinski definition) is 1. The fourth-order valence-corrected chi connectivity index (χ4v) is 4.14. The molecule has 1 fully saturated rings. The van der Waals surface area contributed by atoms with Crippen molar-refractivity contribution in [2.75, 3.05) is 24.2 Å². The Morgan fingerprint density at radius 3 is 2.76 bits per heavy atom. The summed E-state index contributed by atoms with van der Waals surface area (Å²) in [5, 5.41) is 11.0. The molecule has 0 bridgehead atoms. The first kappa shape index (κ1) is 19.6. The predicted molar refractivity (Wildman–Crippen MR) is 95.5 cm³/mol. The summed E-state index contributed by atoms with van der Waals surface area (Å²) in [6.07, 6.45) is 1.27. The molecule has 1 aromatic rings. The van der Waals surface area contributed by atoms with E-state index in [-0.39, 0.29) is 29.5 Å². The van der Waals surface area contributed by atoms with Crippen LogP contribution in [0.25, 0.3) is 0 Å². The third-order valence-electron chi connectivity index (χ3n) is 3.60. The lowest BCUT2D eigenvalue weighted by molar-refractivity contribution is -0.139. The molecule has 2 amide bonds. The van der Waals surface area contributed by atoms with Gasteiger partial charge in [0.15, 0.2) is 4.34 Å². The van der Waals surface area contributed by atoms with Crippen LogP contribution >= 0.6 is 23.1 Å². The van der Waals surface area contributed by atoms with Crippen LogP contribution in [0.3, 0.4) is 0 Å². The smallest absolute Gasteiger partial charge is 0.316 e. The molecule has 1 aliphatic heterocycles. The van der Waals surface area contributed by atoms with Crippen molar-refractivity contribution in [3.05, 3.63) is 0 Å². The van der Waals surface area contributed by atoms with Crippen molar-refractivity contribution < 1.29 is 19.1 Å². The van der Waals surface area contributed by atoms with Gasteiger partial charge in [-0.05, 0) is 19.3 Å². The van der Waals surface area contributed by atoms with Crippen LogP contribution in [0.2, 0.25) is 0 Å². The van der Waals surface area contributed by atoms with Gasteiger partial charge in [0, 0.05) is 13.0 Å². The lowest BCUT2D eigenvalue weighted by atomic mass is 10.0. The van der Waals surface area contributed by atoms with Gasteiger partial charge in [-0.1, -0.05) is 36.9 Å². The van der Waals surface area contributed by atoms with Crippen molar-refractivity contribution in [3.8, 4) is 0 Å².